The van der Waals surface area contributed by atoms with Crippen LogP contribution in [0.2, 0.25) is 0 Å². The van der Waals surface area contributed by atoms with Crippen molar-refractivity contribution in [1.82, 2.24) is 14.5 Å². The minimum atomic E-state index is -0.224. The first-order valence-corrected chi connectivity index (χ1v) is 12.6. The summed E-state index contributed by atoms with van der Waals surface area (Å²) in [4.78, 5) is 21.1. The van der Waals surface area contributed by atoms with Crippen LogP contribution in [-0.4, -0.2) is 32.4 Å². The van der Waals surface area contributed by atoms with E-state index >= 15 is 0 Å². The highest BCUT2D eigenvalue weighted by atomic mass is 19.1. The van der Waals surface area contributed by atoms with Crippen molar-refractivity contribution in [3.63, 3.8) is 0 Å². The standard InChI is InChI=1S/C28H34FN3O/c1-20-18-21(16-17-24(20)29)28-30-25-14-8-9-15-26(25)31(28)19-27(33)32(22-10-4-2-5-11-22)23-12-6-3-7-13-23/h8-9,14-18,22-23H,2-7,10-13,19H2,1H3. The number of carbonyl (C=O) groups is 1. The van der Waals surface area contributed by atoms with Crippen molar-refractivity contribution >= 4 is 16.9 Å². The first-order chi connectivity index (χ1) is 16.1. The fourth-order valence-electron chi connectivity index (χ4n) is 5.88. The summed E-state index contributed by atoms with van der Waals surface area (Å²) in [5.74, 6) is 0.718. The van der Waals surface area contributed by atoms with Crippen molar-refractivity contribution < 1.29 is 9.18 Å². The van der Waals surface area contributed by atoms with Crippen LogP contribution in [0, 0.1) is 12.7 Å². The van der Waals surface area contributed by atoms with Crippen LogP contribution in [0.1, 0.15) is 69.8 Å². The number of imidazole rings is 1. The van der Waals surface area contributed by atoms with Gasteiger partial charge in [0.25, 0.3) is 0 Å². The molecule has 5 rings (SSSR count). The first kappa shape index (κ1) is 22.1. The van der Waals surface area contributed by atoms with Gasteiger partial charge in [-0.2, -0.15) is 0 Å². The average Bonchev–Trinajstić information content (AvgIpc) is 3.21. The maximum atomic E-state index is 14.0. The molecule has 2 fully saturated rings. The molecule has 0 radical (unpaired) electrons. The Morgan fingerprint density at radius 1 is 0.970 bits per heavy atom. The summed E-state index contributed by atoms with van der Waals surface area (Å²) in [6, 6.07) is 13.8. The topological polar surface area (TPSA) is 38.1 Å². The van der Waals surface area contributed by atoms with Gasteiger partial charge in [0.2, 0.25) is 5.91 Å². The van der Waals surface area contributed by atoms with E-state index in [9.17, 15) is 9.18 Å². The Bertz CT molecular complexity index is 1110. The number of aromatic nitrogens is 2. The second kappa shape index (κ2) is 9.66. The second-order valence-electron chi connectivity index (χ2n) is 9.86. The monoisotopic (exact) mass is 447 g/mol. The lowest BCUT2D eigenvalue weighted by molar-refractivity contribution is -0.138. The minimum absolute atomic E-state index is 0.206. The average molecular weight is 448 g/mol. The van der Waals surface area contributed by atoms with Crippen molar-refractivity contribution in [3.8, 4) is 11.4 Å². The van der Waals surface area contributed by atoms with Gasteiger partial charge in [0, 0.05) is 17.6 Å². The number of halogens is 1. The molecule has 0 aliphatic heterocycles. The smallest absolute Gasteiger partial charge is 0.243 e. The fourth-order valence-corrected chi connectivity index (χ4v) is 5.88. The third-order valence-corrected chi connectivity index (χ3v) is 7.59. The Balaban J connectivity index is 1.52. The third-order valence-electron chi connectivity index (χ3n) is 7.59. The normalized spacial score (nSPS) is 18.0. The summed E-state index contributed by atoms with van der Waals surface area (Å²) < 4.78 is 16.0. The summed E-state index contributed by atoms with van der Waals surface area (Å²) in [6.45, 7) is 2.05. The van der Waals surface area contributed by atoms with Crippen LogP contribution >= 0.6 is 0 Å². The number of aryl methyl sites for hydroxylation is 1. The minimum Gasteiger partial charge on any atom is -0.335 e. The molecule has 5 heteroatoms. The van der Waals surface area contributed by atoms with Crippen molar-refractivity contribution in [2.45, 2.75) is 89.8 Å². The lowest BCUT2D eigenvalue weighted by Crippen LogP contribution is -2.50. The zero-order chi connectivity index (χ0) is 22.8. The third kappa shape index (κ3) is 4.55. The molecule has 1 amide bonds. The number of fused-ring (bicyclic) bond motifs is 1. The molecule has 0 saturated heterocycles. The summed E-state index contributed by atoms with van der Waals surface area (Å²) in [7, 11) is 0. The van der Waals surface area contributed by atoms with E-state index in [1.54, 1.807) is 13.0 Å². The summed E-state index contributed by atoms with van der Waals surface area (Å²) in [6.07, 6.45) is 11.9. The number of amides is 1. The van der Waals surface area contributed by atoms with Gasteiger partial charge in [-0.1, -0.05) is 50.7 Å². The van der Waals surface area contributed by atoms with Crippen LogP contribution < -0.4 is 0 Å². The molecule has 0 atom stereocenters. The van der Waals surface area contributed by atoms with Crippen LogP contribution in [0.25, 0.3) is 22.4 Å². The highest BCUT2D eigenvalue weighted by Gasteiger charge is 2.33. The highest BCUT2D eigenvalue weighted by Crippen LogP contribution is 2.32. The molecule has 174 valence electrons. The molecule has 0 spiro atoms. The maximum Gasteiger partial charge on any atom is 0.243 e. The van der Waals surface area contributed by atoms with Gasteiger partial charge in [0.05, 0.1) is 11.0 Å². The van der Waals surface area contributed by atoms with E-state index in [2.05, 4.69) is 4.90 Å². The van der Waals surface area contributed by atoms with Crippen LogP contribution in [0.4, 0.5) is 4.39 Å². The number of hydrogen-bond acceptors (Lipinski definition) is 2. The number of rotatable bonds is 5. The van der Waals surface area contributed by atoms with Crippen LogP contribution in [0.3, 0.4) is 0 Å². The molecule has 1 aromatic heterocycles. The van der Waals surface area contributed by atoms with Crippen molar-refractivity contribution in [2.24, 2.45) is 0 Å². The molecule has 3 aromatic rings. The van der Waals surface area contributed by atoms with Gasteiger partial charge in [-0.25, -0.2) is 9.37 Å². The quantitative estimate of drug-likeness (QED) is 0.439. The number of nitrogens with zero attached hydrogens (tertiary/aromatic N) is 3. The van der Waals surface area contributed by atoms with Crippen LogP contribution in [0.5, 0.6) is 0 Å². The molecular weight excluding hydrogens is 413 g/mol. The lowest BCUT2D eigenvalue weighted by Gasteiger charge is -2.42. The highest BCUT2D eigenvalue weighted by molar-refractivity contribution is 5.85. The van der Waals surface area contributed by atoms with E-state index in [1.165, 1.54) is 44.6 Å². The van der Waals surface area contributed by atoms with E-state index in [0.29, 0.717) is 17.6 Å². The second-order valence-corrected chi connectivity index (χ2v) is 9.86. The molecular formula is C28H34FN3O. The largest absolute Gasteiger partial charge is 0.335 e. The molecule has 1 heterocycles. The molecule has 2 saturated carbocycles. The van der Waals surface area contributed by atoms with Crippen molar-refractivity contribution in [2.75, 3.05) is 0 Å². The molecule has 2 aliphatic carbocycles. The summed E-state index contributed by atoms with van der Waals surface area (Å²) in [5.41, 5.74) is 3.25. The lowest BCUT2D eigenvalue weighted by atomic mass is 9.88. The van der Waals surface area contributed by atoms with E-state index < -0.39 is 0 Å². The first-order valence-electron chi connectivity index (χ1n) is 12.6. The Kier molecular flexibility index (Phi) is 6.48. The Hall–Kier alpha value is -2.69. The molecule has 0 N–H and O–H groups in total. The van der Waals surface area contributed by atoms with Gasteiger partial charge in [-0.15, -0.1) is 0 Å². The Morgan fingerprint density at radius 2 is 1.61 bits per heavy atom. The van der Waals surface area contributed by atoms with Gasteiger partial charge >= 0.3 is 0 Å². The number of benzene rings is 2. The molecule has 2 aliphatic rings. The van der Waals surface area contributed by atoms with Crippen molar-refractivity contribution in [3.05, 3.63) is 53.8 Å². The zero-order valence-electron chi connectivity index (χ0n) is 19.6. The van der Waals surface area contributed by atoms with E-state index in [1.807, 2.05) is 34.9 Å². The number of hydrogen-bond donors (Lipinski definition) is 0. The van der Waals surface area contributed by atoms with Crippen molar-refractivity contribution in [1.29, 1.82) is 0 Å². The zero-order valence-corrected chi connectivity index (χ0v) is 19.6. The predicted molar refractivity (Wildman–Crippen MR) is 130 cm³/mol. The summed E-state index contributed by atoms with van der Waals surface area (Å²) in [5, 5.41) is 0. The van der Waals surface area contributed by atoms with Gasteiger partial charge in [0.1, 0.15) is 18.2 Å². The van der Waals surface area contributed by atoms with E-state index in [-0.39, 0.29) is 18.3 Å². The SMILES string of the molecule is Cc1cc(-c2nc3ccccc3n2CC(=O)N(C2CCCCC2)C2CCCCC2)ccc1F. The molecule has 0 unspecified atom stereocenters. The number of carbonyl (C=O) groups excluding carboxylic acids is 1. The Labute approximate surface area is 195 Å². The fraction of sp³-hybridized carbons (Fsp3) is 0.500. The van der Waals surface area contributed by atoms with Gasteiger partial charge < -0.3 is 9.47 Å². The predicted octanol–water partition coefficient (Wildman–Crippen LogP) is 6.64. The molecule has 4 nitrogen and oxygen atoms in total. The van der Waals surface area contributed by atoms with Crippen LogP contribution in [-0.2, 0) is 11.3 Å². The molecule has 0 bridgehead atoms. The molecule has 33 heavy (non-hydrogen) atoms. The van der Waals surface area contributed by atoms with Gasteiger partial charge in [-0.3, -0.25) is 4.79 Å². The Morgan fingerprint density at radius 3 is 2.24 bits per heavy atom. The van der Waals surface area contributed by atoms with Gasteiger partial charge in [0.15, 0.2) is 0 Å². The number of para-hydroxylation sites is 2. The van der Waals surface area contributed by atoms with E-state index in [4.69, 9.17) is 4.98 Å². The van der Waals surface area contributed by atoms with Gasteiger partial charge in [-0.05, 0) is 68.5 Å². The molecule has 2 aromatic carbocycles. The van der Waals surface area contributed by atoms with E-state index in [0.717, 1.165) is 48.1 Å². The summed E-state index contributed by atoms with van der Waals surface area (Å²) >= 11 is 0. The van der Waals surface area contributed by atoms with Crippen LogP contribution in [0.15, 0.2) is 42.5 Å². The maximum absolute atomic E-state index is 14.0.